The standard InChI is InChI=1S/C11H22N2O/c1-13-6-2-3-11(4-7-13)5-8-14-10(11)9-12/h10H,2-9,12H2,1H3. The van der Waals surface area contributed by atoms with E-state index in [2.05, 4.69) is 11.9 Å². The first kappa shape index (κ1) is 10.4. The van der Waals surface area contributed by atoms with Gasteiger partial charge in [0.05, 0.1) is 6.10 Å². The van der Waals surface area contributed by atoms with Gasteiger partial charge in [-0.3, -0.25) is 0 Å². The van der Waals surface area contributed by atoms with E-state index in [1.807, 2.05) is 0 Å². The molecule has 0 aromatic heterocycles. The Kier molecular flexibility index (Phi) is 3.10. The molecule has 2 rings (SSSR count). The van der Waals surface area contributed by atoms with Crippen molar-refractivity contribution in [2.45, 2.75) is 31.8 Å². The molecule has 2 aliphatic heterocycles. The zero-order chi connectivity index (χ0) is 10.0. The summed E-state index contributed by atoms with van der Waals surface area (Å²) < 4.78 is 5.74. The van der Waals surface area contributed by atoms with Crippen LogP contribution in [0.1, 0.15) is 25.7 Å². The first-order valence-corrected chi connectivity index (χ1v) is 5.77. The molecule has 1 spiro atoms. The molecule has 82 valence electrons. The number of likely N-dealkylation sites (tertiary alicyclic amines) is 1. The lowest BCUT2D eigenvalue weighted by Gasteiger charge is -2.32. The van der Waals surface area contributed by atoms with E-state index < -0.39 is 0 Å². The average molecular weight is 198 g/mol. The van der Waals surface area contributed by atoms with Gasteiger partial charge in [0.15, 0.2) is 0 Å². The van der Waals surface area contributed by atoms with Crippen molar-refractivity contribution in [1.82, 2.24) is 4.90 Å². The van der Waals surface area contributed by atoms with Crippen LogP contribution in [-0.4, -0.2) is 44.3 Å². The van der Waals surface area contributed by atoms with Crippen molar-refractivity contribution in [2.24, 2.45) is 11.1 Å². The first-order chi connectivity index (χ1) is 6.77. The molecule has 0 saturated carbocycles. The Bertz CT molecular complexity index is 198. The Morgan fingerprint density at radius 1 is 1.36 bits per heavy atom. The van der Waals surface area contributed by atoms with E-state index in [4.69, 9.17) is 10.5 Å². The second-order valence-electron chi connectivity index (χ2n) is 4.86. The fraction of sp³-hybridized carbons (Fsp3) is 1.00. The lowest BCUT2D eigenvalue weighted by Crippen LogP contribution is -2.37. The van der Waals surface area contributed by atoms with Gasteiger partial charge >= 0.3 is 0 Å². The normalized spacial score (nSPS) is 40.3. The Morgan fingerprint density at radius 2 is 2.21 bits per heavy atom. The lowest BCUT2D eigenvalue weighted by atomic mass is 9.75. The third-order valence-corrected chi connectivity index (χ3v) is 4.02. The van der Waals surface area contributed by atoms with Crippen LogP contribution in [0.3, 0.4) is 0 Å². The summed E-state index contributed by atoms with van der Waals surface area (Å²) in [4.78, 5) is 2.43. The summed E-state index contributed by atoms with van der Waals surface area (Å²) in [7, 11) is 2.21. The molecule has 2 unspecified atom stereocenters. The maximum absolute atomic E-state index is 5.79. The fourth-order valence-electron chi connectivity index (χ4n) is 2.98. The molecule has 3 nitrogen and oxygen atoms in total. The van der Waals surface area contributed by atoms with E-state index in [0.717, 1.165) is 6.61 Å². The monoisotopic (exact) mass is 198 g/mol. The van der Waals surface area contributed by atoms with Gasteiger partial charge in [-0.25, -0.2) is 0 Å². The van der Waals surface area contributed by atoms with Gasteiger partial charge in [0.2, 0.25) is 0 Å². The molecule has 0 aromatic rings. The molecule has 0 aromatic carbocycles. The topological polar surface area (TPSA) is 38.5 Å². The molecule has 3 heteroatoms. The molecule has 2 saturated heterocycles. The Balaban J connectivity index is 2.05. The van der Waals surface area contributed by atoms with Crippen molar-refractivity contribution in [3.8, 4) is 0 Å². The van der Waals surface area contributed by atoms with Gasteiger partial charge in [-0.15, -0.1) is 0 Å². The highest BCUT2D eigenvalue weighted by Crippen LogP contribution is 2.43. The van der Waals surface area contributed by atoms with E-state index >= 15 is 0 Å². The van der Waals surface area contributed by atoms with Crippen LogP contribution in [0.4, 0.5) is 0 Å². The van der Waals surface area contributed by atoms with Crippen molar-refractivity contribution in [3.63, 3.8) is 0 Å². The van der Waals surface area contributed by atoms with Gasteiger partial charge in [0.1, 0.15) is 0 Å². The smallest absolute Gasteiger partial charge is 0.0754 e. The summed E-state index contributed by atoms with van der Waals surface area (Å²) in [6.45, 7) is 4.06. The van der Waals surface area contributed by atoms with Crippen LogP contribution < -0.4 is 5.73 Å². The second kappa shape index (κ2) is 4.17. The average Bonchev–Trinajstić information content (AvgIpc) is 2.48. The van der Waals surface area contributed by atoms with Crippen LogP contribution in [0.5, 0.6) is 0 Å². The van der Waals surface area contributed by atoms with Crippen LogP contribution in [0, 0.1) is 5.41 Å². The van der Waals surface area contributed by atoms with Crippen LogP contribution in [0.15, 0.2) is 0 Å². The van der Waals surface area contributed by atoms with Crippen LogP contribution in [-0.2, 0) is 4.74 Å². The number of nitrogens with two attached hydrogens (primary N) is 1. The van der Waals surface area contributed by atoms with Gasteiger partial charge < -0.3 is 15.4 Å². The molecule has 0 amide bonds. The summed E-state index contributed by atoms with van der Waals surface area (Å²) in [5.74, 6) is 0. The highest BCUT2D eigenvalue weighted by atomic mass is 16.5. The van der Waals surface area contributed by atoms with Crippen molar-refractivity contribution >= 4 is 0 Å². The van der Waals surface area contributed by atoms with Crippen molar-refractivity contribution in [2.75, 3.05) is 33.3 Å². The van der Waals surface area contributed by atoms with Crippen LogP contribution in [0.25, 0.3) is 0 Å². The van der Waals surface area contributed by atoms with Crippen molar-refractivity contribution < 1.29 is 4.74 Å². The minimum Gasteiger partial charge on any atom is -0.376 e. The molecule has 2 aliphatic rings. The quantitative estimate of drug-likeness (QED) is 0.678. The predicted octanol–water partition coefficient (Wildman–Crippen LogP) is 0.836. The molecule has 2 atom stereocenters. The number of hydrogen-bond acceptors (Lipinski definition) is 3. The van der Waals surface area contributed by atoms with E-state index in [0.29, 0.717) is 18.1 Å². The van der Waals surface area contributed by atoms with E-state index in [9.17, 15) is 0 Å². The highest BCUT2D eigenvalue weighted by Gasteiger charge is 2.43. The molecular weight excluding hydrogens is 176 g/mol. The third-order valence-electron chi connectivity index (χ3n) is 4.02. The molecule has 2 heterocycles. The maximum atomic E-state index is 5.79. The molecule has 14 heavy (non-hydrogen) atoms. The van der Waals surface area contributed by atoms with E-state index in [1.165, 1.54) is 38.8 Å². The minimum atomic E-state index is 0.328. The number of ether oxygens (including phenoxy) is 1. The second-order valence-corrected chi connectivity index (χ2v) is 4.86. The van der Waals surface area contributed by atoms with Crippen molar-refractivity contribution in [3.05, 3.63) is 0 Å². The Hall–Kier alpha value is -0.120. The van der Waals surface area contributed by atoms with Gasteiger partial charge in [-0.05, 0) is 45.8 Å². The number of hydrogen-bond donors (Lipinski definition) is 1. The highest BCUT2D eigenvalue weighted by molar-refractivity contribution is 4.94. The van der Waals surface area contributed by atoms with Crippen molar-refractivity contribution in [1.29, 1.82) is 0 Å². The van der Waals surface area contributed by atoms with Crippen LogP contribution >= 0.6 is 0 Å². The lowest BCUT2D eigenvalue weighted by molar-refractivity contribution is 0.0477. The zero-order valence-corrected chi connectivity index (χ0v) is 9.17. The molecule has 2 N–H and O–H groups in total. The zero-order valence-electron chi connectivity index (χ0n) is 9.17. The summed E-state index contributed by atoms with van der Waals surface area (Å²) in [6.07, 6.45) is 5.43. The Morgan fingerprint density at radius 3 is 3.00 bits per heavy atom. The Labute approximate surface area is 86.6 Å². The predicted molar refractivity (Wildman–Crippen MR) is 57.2 cm³/mol. The van der Waals surface area contributed by atoms with E-state index in [1.54, 1.807) is 0 Å². The number of nitrogens with zero attached hydrogens (tertiary/aromatic N) is 1. The maximum Gasteiger partial charge on any atom is 0.0754 e. The summed E-state index contributed by atoms with van der Waals surface area (Å²) in [5.41, 5.74) is 6.20. The largest absolute Gasteiger partial charge is 0.376 e. The summed E-state index contributed by atoms with van der Waals surface area (Å²) in [5, 5.41) is 0. The molecule has 0 radical (unpaired) electrons. The molecule has 0 bridgehead atoms. The van der Waals surface area contributed by atoms with Gasteiger partial charge in [-0.1, -0.05) is 0 Å². The number of rotatable bonds is 1. The van der Waals surface area contributed by atoms with Gasteiger partial charge in [0.25, 0.3) is 0 Å². The third kappa shape index (κ3) is 1.81. The van der Waals surface area contributed by atoms with E-state index in [-0.39, 0.29) is 0 Å². The molecule has 0 aliphatic carbocycles. The summed E-state index contributed by atoms with van der Waals surface area (Å²) >= 11 is 0. The molecule has 2 fully saturated rings. The van der Waals surface area contributed by atoms with Crippen LogP contribution in [0.2, 0.25) is 0 Å². The fourth-order valence-corrected chi connectivity index (χ4v) is 2.98. The molecular formula is C11H22N2O. The first-order valence-electron chi connectivity index (χ1n) is 5.77. The SMILES string of the molecule is CN1CCCC2(CCOC2CN)CC1. The van der Waals surface area contributed by atoms with Gasteiger partial charge in [-0.2, -0.15) is 0 Å². The minimum absolute atomic E-state index is 0.328. The van der Waals surface area contributed by atoms with Gasteiger partial charge in [0, 0.05) is 18.6 Å². The summed E-state index contributed by atoms with van der Waals surface area (Å²) in [6, 6.07) is 0.